The van der Waals surface area contributed by atoms with Gasteiger partial charge in [-0.05, 0) is 56.5 Å². The molecule has 0 aliphatic carbocycles. The van der Waals surface area contributed by atoms with Crippen molar-refractivity contribution < 1.29 is 13.2 Å². The lowest BCUT2D eigenvalue weighted by Gasteiger charge is -2.18. The lowest BCUT2D eigenvalue weighted by atomic mass is 10.1. The summed E-state index contributed by atoms with van der Waals surface area (Å²) in [6.45, 7) is 4.61. The van der Waals surface area contributed by atoms with Crippen LogP contribution in [0.4, 0.5) is 5.69 Å². The van der Waals surface area contributed by atoms with Crippen molar-refractivity contribution in [2.24, 2.45) is 0 Å². The van der Waals surface area contributed by atoms with Gasteiger partial charge in [0.2, 0.25) is 5.43 Å². The molecule has 2 aromatic carbocycles. The Labute approximate surface area is 179 Å². The Morgan fingerprint density at radius 3 is 2.53 bits per heavy atom. The number of aromatic amines is 1. The number of nitrogens with one attached hydrogen (secondary N) is 2. The van der Waals surface area contributed by atoms with Crippen LogP contribution < -0.4 is 10.2 Å². The van der Waals surface area contributed by atoms with E-state index < -0.39 is 15.5 Å². The van der Waals surface area contributed by atoms with E-state index in [1.807, 2.05) is 26.2 Å². The van der Waals surface area contributed by atoms with E-state index in [-0.39, 0.29) is 21.8 Å². The highest BCUT2D eigenvalue weighted by atomic mass is 32.2. The summed E-state index contributed by atoms with van der Waals surface area (Å²) in [6, 6.07) is 11.3. The summed E-state index contributed by atoms with van der Waals surface area (Å²) in [7, 11) is -3.91. The summed E-state index contributed by atoms with van der Waals surface area (Å²) in [5.41, 5.74) is 0.379. The number of carbonyl (C=O) groups is 1. The highest BCUT2D eigenvalue weighted by molar-refractivity contribution is 7.98. The quantitative estimate of drug-likeness (QED) is 0.542. The molecule has 0 aliphatic rings. The molecule has 2 N–H and O–H groups in total. The molecule has 0 unspecified atom stereocenters. The fraction of sp³-hybridized carbons (Fsp3) is 0.238. The Kier molecular flexibility index (Phi) is 6.52. The van der Waals surface area contributed by atoms with Crippen LogP contribution in [0.25, 0.3) is 10.9 Å². The van der Waals surface area contributed by atoms with Crippen LogP contribution in [-0.2, 0) is 10.0 Å². The first-order chi connectivity index (χ1) is 14.3. The van der Waals surface area contributed by atoms with E-state index in [0.717, 1.165) is 4.90 Å². The zero-order valence-corrected chi connectivity index (χ0v) is 18.6. The second kappa shape index (κ2) is 8.93. The largest absolute Gasteiger partial charge is 0.360 e. The van der Waals surface area contributed by atoms with Crippen LogP contribution in [0.15, 0.2) is 63.2 Å². The number of carbonyl (C=O) groups excluding carboxylic acids is 1. The molecule has 1 heterocycles. The number of hydrogen-bond acceptors (Lipinski definition) is 5. The summed E-state index contributed by atoms with van der Waals surface area (Å²) in [5.74, 6) is -0.386. The Morgan fingerprint density at radius 1 is 1.13 bits per heavy atom. The fourth-order valence-electron chi connectivity index (χ4n) is 3.11. The van der Waals surface area contributed by atoms with Crippen molar-refractivity contribution in [1.29, 1.82) is 0 Å². The lowest BCUT2D eigenvalue weighted by molar-refractivity contribution is 0.0771. The molecule has 0 saturated carbocycles. The molecule has 9 heteroatoms. The topological polar surface area (TPSA) is 99.3 Å². The first kappa shape index (κ1) is 21.9. The summed E-state index contributed by atoms with van der Waals surface area (Å²) < 4.78 is 28.3. The summed E-state index contributed by atoms with van der Waals surface area (Å²) in [5, 5.41) is 0.147. The number of benzene rings is 2. The van der Waals surface area contributed by atoms with Gasteiger partial charge in [-0.3, -0.25) is 14.3 Å². The first-order valence-electron chi connectivity index (χ1n) is 9.42. The Bertz CT molecular complexity index is 1250. The van der Waals surface area contributed by atoms with Crippen LogP contribution in [0.3, 0.4) is 0 Å². The van der Waals surface area contributed by atoms with Gasteiger partial charge in [0.1, 0.15) is 5.56 Å². The molecule has 158 valence electrons. The van der Waals surface area contributed by atoms with Crippen LogP contribution in [0.1, 0.15) is 24.2 Å². The van der Waals surface area contributed by atoms with E-state index in [4.69, 9.17) is 0 Å². The third-order valence-electron chi connectivity index (χ3n) is 4.77. The smallest absolute Gasteiger partial charge is 0.261 e. The number of thioether (sulfide) groups is 1. The number of H-pyrrole nitrogens is 1. The Hall–Kier alpha value is -2.78. The predicted octanol–water partition coefficient (Wildman–Crippen LogP) is 3.53. The number of amides is 1. The molecular formula is C21H23N3O4S2. The number of hydrogen-bond donors (Lipinski definition) is 2. The minimum atomic E-state index is -3.91. The van der Waals surface area contributed by atoms with Crippen LogP contribution in [0.5, 0.6) is 0 Å². The monoisotopic (exact) mass is 445 g/mol. The molecule has 1 aromatic heterocycles. The molecule has 1 amide bonds. The Balaban J connectivity index is 2.04. The molecule has 7 nitrogen and oxygen atoms in total. The fourth-order valence-corrected chi connectivity index (χ4v) is 4.64. The van der Waals surface area contributed by atoms with Gasteiger partial charge >= 0.3 is 0 Å². The van der Waals surface area contributed by atoms with Crippen LogP contribution in [0, 0.1) is 0 Å². The highest BCUT2D eigenvalue weighted by Crippen LogP contribution is 2.23. The Morgan fingerprint density at radius 2 is 1.87 bits per heavy atom. The van der Waals surface area contributed by atoms with Gasteiger partial charge < -0.3 is 9.88 Å². The van der Waals surface area contributed by atoms with Crippen molar-refractivity contribution in [3.63, 3.8) is 0 Å². The van der Waals surface area contributed by atoms with Crippen molar-refractivity contribution in [2.75, 3.05) is 24.1 Å². The lowest BCUT2D eigenvalue weighted by Crippen LogP contribution is -2.34. The maximum atomic E-state index is 12.9. The number of nitrogens with zero attached hydrogens (tertiary/aromatic N) is 1. The van der Waals surface area contributed by atoms with E-state index in [0.29, 0.717) is 24.3 Å². The maximum absolute atomic E-state index is 12.9. The third-order valence-corrected chi connectivity index (χ3v) is 6.87. The standard InChI is InChI=1S/C21H23N3O4S2/c1-4-24(5-2)21(26)18-13-22-19-10-9-16(12-17(19)20(18)25)30(27,28)23-14-7-6-8-15(11-14)29-3/h6-13,23H,4-5H2,1-3H3,(H,22,25). The highest BCUT2D eigenvalue weighted by Gasteiger charge is 2.20. The molecule has 0 saturated heterocycles. The minimum absolute atomic E-state index is 0.0126. The van der Waals surface area contributed by atoms with Gasteiger partial charge in [-0.15, -0.1) is 11.8 Å². The van der Waals surface area contributed by atoms with Gasteiger partial charge in [0.25, 0.3) is 15.9 Å². The SMILES string of the molecule is CCN(CC)C(=O)c1c[nH]c2ccc(S(=O)(=O)Nc3cccc(SC)c3)cc2c1=O. The molecule has 0 bridgehead atoms. The van der Waals surface area contributed by atoms with Crippen LogP contribution >= 0.6 is 11.8 Å². The molecule has 3 rings (SSSR count). The number of anilines is 1. The van der Waals surface area contributed by atoms with Crippen molar-refractivity contribution in [3.05, 3.63) is 64.4 Å². The van der Waals surface area contributed by atoms with Crippen LogP contribution in [0.2, 0.25) is 0 Å². The molecule has 3 aromatic rings. The van der Waals surface area contributed by atoms with Crippen LogP contribution in [-0.4, -0.2) is 43.6 Å². The maximum Gasteiger partial charge on any atom is 0.261 e. The molecule has 0 fully saturated rings. The van der Waals surface area contributed by atoms with Gasteiger partial charge in [0.15, 0.2) is 0 Å². The second-order valence-corrected chi connectivity index (χ2v) is 9.12. The number of rotatable bonds is 7. The van der Waals surface area contributed by atoms with Gasteiger partial charge in [0.05, 0.1) is 4.90 Å². The normalized spacial score (nSPS) is 11.4. The van der Waals surface area contributed by atoms with Crippen molar-refractivity contribution in [3.8, 4) is 0 Å². The van der Waals surface area contributed by atoms with Crippen molar-refractivity contribution >= 4 is 44.3 Å². The van der Waals surface area contributed by atoms with Crippen molar-refractivity contribution in [2.45, 2.75) is 23.6 Å². The van der Waals surface area contributed by atoms with E-state index in [2.05, 4.69) is 9.71 Å². The van der Waals surface area contributed by atoms with Crippen molar-refractivity contribution in [1.82, 2.24) is 9.88 Å². The molecule has 0 spiro atoms. The summed E-state index contributed by atoms with van der Waals surface area (Å²) >= 11 is 1.50. The van der Waals surface area contributed by atoms with E-state index in [1.54, 1.807) is 18.2 Å². The minimum Gasteiger partial charge on any atom is -0.360 e. The predicted molar refractivity (Wildman–Crippen MR) is 121 cm³/mol. The van der Waals surface area contributed by atoms with E-state index >= 15 is 0 Å². The number of pyridine rings is 1. The first-order valence-corrected chi connectivity index (χ1v) is 12.1. The number of sulfonamides is 1. The van der Waals surface area contributed by atoms with Gasteiger partial charge in [0, 0.05) is 40.8 Å². The summed E-state index contributed by atoms with van der Waals surface area (Å²) in [6.07, 6.45) is 3.28. The van der Waals surface area contributed by atoms with Gasteiger partial charge in [-0.25, -0.2) is 8.42 Å². The second-order valence-electron chi connectivity index (χ2n) is 6.55. The molecule has 0 radical (unpaired) electrons. The summed E-state index contributed by atoms with van der Waals surface area (Å²) in [4.78, 5) is 30.9. The zero-order chi connectivity index (χ0) is 21.9. The van der Waals surface area contributed by atoms with Gasteiger partial charge in [-0.2, -0.15) is 0 Å². The molecule has 0 aliphatic heterocycles. The number of fused-ring (bicyclic) bond motifs is 1. The zero-order valence-electron chi connectivity index (χ0n) is 16.9. The van der Waals surface area contributed by atoms with E-state index in [1.165, 1.54) is 41.1 Å². The molecule has 30 heavy (non-hydrogen) atoms. The van der Waals surface area contributed by atoms with Gasteiger partial charge in [-0.1, -0.05) is 6.07 Å². The average molecular weight is 446 g/mol. The van der Waals surface area contributed by atoms with E-state index in [9.17, 15) is 18.0 Å². The molecular weight excluding hydrogens is 422 g/mol. The number of aromatic nitrogens is 1. The molecule has 0 atom stereocenters. The average Bonchev–Trinajstić information content (AvgIpc) is 2.74. The third kappa shape index (κ3) is 4.36.